The summed E-state index contributed by atoms with van der Waals surface area (Å²) >= 11 is 0. The number of nitrogens with zero attached hydrogens (tertiary/aromatic N) is 1. The van der Waals surface area contributed by atoms with Crippen LogP contribution in [0.15, 0.2) is 0 Å². The second kappa shape index (κ2) is 6.37. The molecule has 2 fully saturated rings. The Hall–Kier alpha value is -1.10. The molecular formula is C14H25N3O2. The Morgan fingerprint density at radius 3 is 2.79 bits per heavy atom. The zero-order valence-electron chi connectivity index (χ0n) is 11.7. The number of hydrogen-bond acceptors (Lipinski definition) is 3. The minimum Gasteiger partial charge on any atom is -0.351 e. The first-order valence-electron chi connectivity index (χ1n) is 7.36. The van der Waals surface area contributed by atoms with Crippen molar-refractivity contribution in [3.05, 3.63) is 0 Å². The minimum absolute atomic E-state index is 0.0710. The highest BCUT2D eigenvalue weighted by Crippen LogP contribution is 2.29. The van der Waals surface area contributed by atoms with Gasteiger partial charge in [-0.3, -0.25) is 9.59 Å². The molecule has 0 aromatic rings. The Bertz CT molecular complexity index is 346. The normalized spacial score (nSPS) is 32.2. The van der Waals surface area contributed by atoms with E-state index in [0.717, 1.165) is 25.7 Å². The van der Waals surface area contributed by atoms with Crippen molar-refractivity contribution in [1.82, 2.24) is 10.2 Å². The van der Waals surface area contributed by atoms with E-state index < -0.39 is 0 Å². The molecule has 0 radical (unpaired) electrons. The van der Waals surface area contributed by atoms with Gasteiger partial charge >= 0.3 is 0 Å². The van der Waals surface area contributed by atoms with Crippen LogP contribution in [0.3, 0.4) is 0 Å². The third-order valence-electron chi connectivity index (χ3n) is 4.52. The van der Waals surface area contributed by atoms with Crippen molar-refractivity contribution in [1.29, 1.82) is 0 Å². The summed E-state index contributed by atoms with van der Waals surface area (Å²) in [5, 5.41) is 3.12. The van der Waals surface area contributed by atoms with Crippen LogP contribution in [-0.2, 0) is 9.59 Å². The van der Waals surface area contributed by atoms with Crippen molar-refractivity contribution in [3.63, 3.8) is 0 Å². The monoisotopic (exact) mass is 267 g/mol. The zero-order valence-corrected chi connectivity index (χ0v) is 11.7. The molecule has 0 aromatic carbocycles. The minimum atomic E-state index is 0.0710. The highest BCUT2D eigenvalue weighted by atomic mass is 16.2. The Labute approximate surface area is 114 Å². The van der Waals surface area contributed by atoms with E-state index in [2.05, 4.69) is 5.32 Å². The number of nitrogens with one attached hydrogen (secondary N) is 1. The van der Waals surface area contributed by atoms with E-state index in [4.69, 9.17) is 5.73 Å². The predicted molar refractivity (Wildman–Crippen MR) is 73.3 cm³/mol. The van der Waals surface area contributed by atoms with Gasteiger partial charge in [0.25, 0.3) is 0 Å². The molecule has 1 saturated carbocycles. The Morgan fingerprint density at radius 1 is 1.37 bits per heavy atom. The highest BCUT2D eigenvalue weighted by molar-refractivity contribution is 5.80. The van der Waals surface area contributed by atoms with Crippen LogP contribution in [-0.4, -0.2) is 42.9 Å². The summed E-state index contributed by atoms with van der Waals surface area (Å²) in [6, 6.07) is 0.107. The Morgan fingerprint density at radius 2 is 2.11 bits per heavy atom. The number of rotatable bonds is 3. The Balaban J connectivity index is 1.87. The topological polar surface area (TPSA) is 75.4 Å². The second-order valence-electron chi connectivity index (χ2n) is 5.91. The van der Waals surface area contributed by atoms with Gasteiger partial charge in [0.15, 0.2) is 0 Å². The van der Waals surface area contributed by atoms with Gasteiger partial charge in [0.1, 0.15) is 0 Å². The van der Waals surface area contributed by atoms with Crippen LogP contribution in [0, 0.1) is 11.8 Å². The van der Waals surface area contributed by atoms with E-state index in [0.29, 0.717) is 25.4 Å². The molecule has 0 bridgehead atoms. The molecular weight excluding hydrogens is 242 g/mol. The summed E-state index contributed by atoms with van der Waals surface area (Å²) in [4.78, 5) is 25.5. The molecule has 3 unspecified atom stereocenters. The summed E-state index contributed by atoms with van der Waals surface area (Å²) < 4.78 is 0. The van der Waals surface area contributed by atoms with Crippen molar-refractivity contribution >= 4 is 11.8 Å². The molecule has 2 amide bonds. The SMILES string of the molecule is CN1CC(NC(=O)C2CCCCC2CN)CCC1=O. The van der Waals surface area contributed by atoms with E-state index in [-0.39, 0.29) is 23.8 Å². The standard InChI is InChI=1S/C14H25N3O2/c1-17-9-11(6-7-13(17)18)16-14(19)12-5-3-2-4-10(12)8-15/h10-12H,2-9,15H2,1H3,(H,16,19). The maximum absolute atomic E-state index is 12.4. The molecule has 3 atom stereocenters. The first-order valence-corrected chi connectivity index (χ1v) is 7.36. The van der Waals surface area contributed by atoms with Crippen molar-refractivity contribution < 1.29 is 9.59 Å². The number of likely N-dealkylation sites (tertiary alicyclic amines) is 1. The molecule has 0 spiro atoms. The van der Waals surface area contributed by atoms with Crippen LogP contribution in [0.5, 0.6) is 0 Å². The second-order valence-corrected chi connectivity index (χ2v) is 5.91. The van der Waals surface area contributed by atoms with E-state index >= 15 is 0 Å². The first kappa shape index (κ1) is 14.3. The van der Waals surface area contributed by atoms with E-state index in [1.807, 2.05) is 0 Å². The van der Waals surface area contributed by atoms with Gasteiger partial charge in [-0.1, -0.05) is 12.8 Å². The van der Waals surface area contributed by atoms with Crippen LogP contribution < -0.4 is 11.1 Å². The van der Waals surface area contributed by atoms with Crippen LogP contribution in [0.2, 0.25) is 0 Å². The molecule has 1 saturated heterocycles. The highest BCUT2D eigenvalue weighted by Gasteiger charge is 2.32. The molecule has 1 aliphatic carbocycles. The lowest BCUT2D eigenvalue weighted by atomic mass is 9.78. The fourth-order valence-electron chi connectivity index (χ4n) is 3.27. The van der Waals surface area contributed by atoms with Gasteiger partial charge in [-0.2, -0.15) is 0 Å². The third-order valence-corrected chi connectivity index (χ3v) is 4.52. The van der Waals surface area contributed by atoms with Gasteiger partial charge < -0.3 is 16.0 Å². The lowest BCUT2D eigenvalue weighted by molar-refractivity contribution is -0.135. The maximum Gasteiger partial charge on any atom is 0.223 e. The molecule has 3 N–H and O–H groups in total. The number of nitrogens with two attached hydrogens (primary N) is 1. The molecule has 19 heavy (non-hydrogen) atoms. The summed E-state index contributed by atoms with van der Waals surface area (Å²) in [7, 11) is 1.80. The quantitative estimate of drug-likeness (QED) is 0.781. The molecule has 0 aromatic heterocycles. The van der Waals surface area contributed by atoms with Crippen LogP contribution in [0.1, 0.15) is 38.5 Å². The summed E-state index contributed by atoms with van der Waals surface area (Å²) in [6.45, 7) is 1.23. The largest absolute Gasteiger partial charge is 0.351 e. The molecule has 1 heterocycles. The van der Waals surface area contributed by atoms with Gasteiger partial charge in [0, 0.05) is 32.0 Å². The number of piperidine rings is 1. The van der Waals surface area contributed by atoms with E-state index in [9.17, 15) is 9.59 Å². The predicted octanol–water partition coefficient (Wildman–Crippen LogP) is 0.489. The lowest BCUT2D eigenvalue weighted by Crippen LogP contribution is -2.51. The van der Waals surface area contributed by atoms with Gasteiger partial charge in [-0.25, -0.2) is 0 Å². The number of amides is 2. The van der Waals surface area contributed by atoms with Crippen LogP contribution in [0.25, 0.3) is 0 Å². The first-order chi connectivity index (χ1) is 9.11. The Kier molecular flexibility index (Phi) is 4.80. The van der Waals surface area contributed by atoms with Crippen LogP contribution >= 0.6 is 0 Å². The van der Waals surface area contributed by atoms with Crippen molar-refractivity contribution in [3.8, 4) is 0 Å². The van der Waals surface area contributed by atoms with Crippen molar-refractivity contribution in [2.75, 3.05) is 20.1 Å². The number of hydrogen-bond donors (Lipinski definition) is 2. The van der Waals surface area contributed by atoms with Gasteiger partial charge in [0.05, 0.1) is 0 Å². The van der Waals surface area contributed by atoms with Gasteiger partial charge in [-0.15, -0.1) is 0 Å². The summed E-state index contributed by atoms with van der Waals surface area (Å²) in [5.41, 5.74) is 5.77. The molecule has 108 valence electrons. The third kappa shape index (κ3) is 3.47. The molecule has 2 aliphatic rings. The number of carbonyl (C=O) groups excluding carboxylic acids is 2. The van der Waals surface area contributed by atoms with E-state index in [1.165, 1.54) is 6.42 Å². The van der Waals surface area contributed by atoms with Crippen molar-refractivity contribution in [2.24, 2.45) is 17.6 Å². The van der Waals surface area contributed by atoms with Gasteiger partial charge in [-0.05, 0) is 31.7 Å². The summed E-state index contributed by atoms with van der Waals surface area (Å²) in [6.07, 6.45) is 5.62. The van der Waals surface area contributed by atoms with Gasteiger partial charge in [0.2, 0.25) is 11.8 Å². The zero-order chi connectivity index (χ0) is 13.8. The maximum atomic E-state index is 12.4. The number of likely N-dealkylation sites (N-methyl/N-ethyl adjacent to an activating group) is 1. The lowest BCUT2D eigenvalue weighted by Gasteiger charge is -2.34. The average molecular weight is 267 g/mol. The average Bonchev–Trinajstić information content (AvgIpc) is 2.43. The molecule has 1 aliphatic heterocycles. The van der Waals surface area contributed by atoms with E-state index in [1.54, 1.807) is 11.9 Å². The molecule has 5 nitrogen and oxygen atoms in total. The fourth-order valence-corrected chi connectivity index (χ4v) is 3.27. The molecule has 2 rings (SSSR count). The van der Waals surface area contributed by atoms with Crippen LogP contribution in [0.4, 0.5) is 0 Å². The summed E-state index contributed by atoms with van der Waals surface area (Å²) in [5.74, 6) is 0.712. The smallest absolute Gasteiger partial charge is 0.223 e. The number of carbonyl (C=O) groups is 2. The van der Waals surface area contributed by atoms with Crippen molar-refractivity contribution in [2.45, 2.75) is 44.6 Å². The fraction of sp³-hybridized carbons (Fsp3) is 0.857. The molecule has 5 heteroatoms.